The van der Waals surface area contributed by atoms with Crippen LogP contribution in [0, 0.1) is 5.82 Å². The molecule has 0 spiro atoms. The predicted molar refractivity (Wildman–Crippen MR) is 96.9 cm³/mol. The fraction of sp³-hybridized carbons (Fsp3) is 0.333. The first kappa shape index (κ1) is 17.8. The van der Waals surface area contributed by atoms with Crippen LogP contribution in [0.1, 0.15) is 18.4 Å². The molecule has 3 rings (SSSR count). The first-order chi connectivity index (χ1) is 12.0. The van der Waals surface area contributed by atoms with Crippen molar-refractivity contribution >= 4 is 27.9 Å². The Morgan fingerprint density at radius 2 is 2.40 bits per heavy atom. The number of carbonyl (C=O) groups excluding carboxylic acids is 1. The molecule has 1 atom stereocenters. The molecule has 1 unspecified atom stereocenters. The number of halogens is 2. The maximum atomic E-state index is 14.3. The molecule has 0 saturated carbocycles. The van der Waals surface area contributed by atoms with Gasteiger partial charge in [0.1, 0.15) is 11.5 Å². The summed E-state index contributed by atoms with van der Waals surface area (Å²) in [6, 6.07) is 4.77. The van der Waals surface area contributed by atoms with Crippen molar-refractivity contribution in [3.63, 3.8) is 0 Å². The molecule has 1 aromatic heterocycles. The topological polar surface area (TPSA) is 47.4 Å². The van der Waals surface area contributed by atoms with E-state index in [4.69, 9.17) is 4.74 Å². The van der Waals surface area contributed by atoms with Gasteiger partial charge in [-0.05, 0) is 52.5 Å². The Morgan fingerprint density at radius 3 is 3.04 bits per heavy atom. The van der Waals surface area contributed by atoms with Gasteiger partial charge in [-0.3, -0.25) is 4.79 Å². The fourth-order valence-corrected chi connectivity index (χ4v) is 3.01. The van der Waals surface area contributed by atoms with Gasteiger partial charge in [0.15, 0.2) is 0 Å². The van der Waals surface area contributed by atoms with Crippen molar-refractivity contribution in [3.05, 3.63) is 52.5 Å². The van der Waals surface area contributed by atoms with E-state index in [0.29, 0.717) is 17.8 Å². The molecule has 1 aromatic carbocycles. The third-order valence-corrected chi connectivity index (χ3v) is 4.48. The quantitative estimate of drug-likeness (QED) is 0.713. The van der Waals surface area contributed by atoms with E-state index >= 15 is 0 Å². The second kappa shape index (κ2) is 7.93. The van der Waals surface area contributed by atoms with Gasteiger partial charge < -0.3 is 9.64 Å². The minimum Gasteiger partial charge on any atom is -0.376 e. The van der Waals surface area contributed by atoms with Crippen LogP contribution in [0.3, 0.4) is 0 Å². The molecule has 25 heavy (non-hydrogen) atoms. The SMILES string of the molecule is CN(CC1CCCO1)C(=O)/C=C/c1ccc(-n2cc(Br)cn2)c(F)c1. The standard InChI is InChI=1S/C18H19BrFN3O2/c1-22(12-15-3-2-8-25-15)18(24)7-5-13-4-6-17(16(20)9-13)23-11-14(19)10-21-23/h4-7,9-11,15H,2-3,8,12H2,1H3/b7-5+. The zero-order chi connectivity index (χ0) is 17.8. The van der Waals surface area contributed by atoms with Crippen molar-refractivity contribution < 1.29 is 13.9 Å². The van der Waals surface area contributed by atoms with Crippen molar-refractivity contribution in [2.24, 2.45) is 0 Å². The van der Waals surface area contributed by atoms with Gasteiger partial charge in [0.2, 0.25) is 5.91 Å². The predicted octanol–water partition coefficient (Wildman–Crippen LogP) is 3.42. The van der Waals surface area contributed by atoms with E-state index in [2.05, 4.69) is 21.0 Å². The van der Waals surface area contributed by atoms with Gasteiger partial charge in [0.25, 0.3) is 0 Å². The van der Waals surface area contributed by atoms with Crippen molar-refractivity contribution in [2.45, 2.75) is 18.9 Å². The second-order valence-corrected chi connectivity index (χ2v) is 6.92. The average Bonchev–Trinajstić information content (AvgIpc) is 3.24. The third kappa shape index (κ3) is 4.55. The molecule has 0 aliphatic carbocycles. The normalized spacial score (nSPS) is 17.3. The Morgan fingerprint density at radius 1 is 1.56 bits per heavy atom. The molecule has 132 valence electrons. The molecule has 5 nitrogen and oxygen atoms in total. The fourth-order valence-electron chi connectivity index (χ4n) is 2.72. The maximum absolute atomic E-state index is 14.3. The average molecular weight is 408 g/mol. The lowest BCUT2D eigenvalue weighted by Crippen LogP contribution is -2.32. The summed E-state index contributed by atoms with van der Waals surface area (Å²) in [5.74, 6) is -0.533. The molecule has 1 aliphatic heterocycles. The van der Waals surface area contributed by atoms with Gasteiger partial charge in [-0.1, -0.05) is 6.07 Å². The number of benzene rings is 1. The molecule has 1 fully saturated rings. The zero-order valence-electron chi connectivity index (χ0n) is 13.9. The molecular formula is C18H19BrFN3O2. The van der Waals surface area contributed by atoms with E-state index in [1.165, 1.54) is 16.8 Å². The molecule has 2 heterocycles. The first-order valence-corrected chi connectivity index (χ1v) is 8.87. The van der Waals surface area contributed by atoms with E-state index in [0.717, 1.165) is 23.9 Å². The summed E-state index contributed by atoms with van der Waals surface area (Å²) in [6.45, 7) is 1.34. The van der Waals surface area contributed by atoms with E-state index in [9.17, 15) is 9.18 Å². The van der Waals surface area contributed by atoms with Crippen LogP contribution in [0.15, 0.2) is 41.1 Å². The van der Waals surface area contributed by atoms with Gasteiger partial charge in [-0.15, -0.1) is 0 Å². The molecule has 1 aliphatic rings. The van der Waals surface area contributed by atoms with E-state index in [1.54, 1.807) is 42.6 Å². The lowest BCUT2D eigenvalue weighted by molar-refractivity contribution is -0.126. The van der Waals surface area contributed by atoms with E-state index < -0.39 is 5.82 Å². The van der Waals surface area contributed by atoms with Crippen LogP contribution in [-0.2, 0) is 9.53 Å². The number of rotatable bonds is 5. The van der Waals surface area contributed by atoms with Crippen LogP contribution in [0.5, 0.6) is 0 Å². The van der Waals surface area contributed by atoms with Crippen LogP contribution in [0.4, 0.5) is 4.39 Å². The largest absolute Gasteiger partial charge is 0.376 e. The molecule has 0 N–H and O–H groups in total. The van der Waals surface area contributed by atoms with E-state index in [1.807, 2.05) is 0 Å². The highest BCUT2D eigenvalue weighted by molar-refractivity contribution is 9.10. The summed E-state index contributed by atoms with van der Waals surface area (Å²) in [6.07, 6.45) is 8.48. The van der Waals surface area contributed by atoms with Crippen molar-refractivity contribution in [2.75, 3.05) is 20.2 Å². The van der Waals surface area contributed by atoms with Gasteiger partial charge in [0, 0.05) is 32.5 Å². The molecule has 1 saturated heterocycles. The van der Waals surface area contributed by atoms with Crippen LogP contribution < -0.4 is 0 Å². The molecule has 1 amide bonds. The van der Waals surface area contributed by atoms with Crippen LogP contribution in [-0.4, -0.2) is 46.9 Å². The van der Waals surface area contributed by atoms with Crippen molar-refractivity contribution in [1.82, 2.24) is 14.7 Å². The van der Waals surface area contributed by atoms with Crippen LogP contribution >= 0.6 is 15.9 Å². The highest BCUT2D eigenvalue weighted by atomic mass is 79.9. The second-order valence-electron chi connectivity index (χ2n) is 6.00. The van der Waals surface area contributed by atoms with Crippen molar-refractivity contribution in [1.29, 1.82) is 0 Å². The Hall–Kier alpha value is -1.99. The molecular weight excluding hydrogens is 389 g/mol. The Bertz CT molecular complexity index is 784. The summed E-state index contributed by atoms with van der Waals surface area (Å²) in [7, 11) is 1.74. The highest BCUT2D eigenvalue weighted by Crippen LogP contribution is 2.18. The van der Waals surface area contributed by atoms with Crippen LogP contribution in [0.25, 0.3) is 11.8 Å². The first-order valence-electron chi connectivity index (χ1n) is 8.08. The molecule has 2 aromatic rings. The third-order valence-electron chi connectivity index (χ3n) is 4.07. The number of amides is 1. The maximum Gasteiger partial charge on any atom is 0.246 e. The molecule has 0 bridgehead atoms. The Kier molecular flexibility index (Phi) is 5.65. The minimum absolute atomic E-state index is 0.118. The van der Waals surface area contributed by atoms with Gasteiger partial charge in [-0.25, -0.2) is 9.07 Å². The number of nitrogens with zero attached hydrogens (tertiary/aromatic N) is 3. The number of ether oxygens (including phenoxy) is 1. The number of hydrogen-bond acceptors (Lipinski definition) is 3. The highest BCUT2D eigenvalue weighted by Gasteiger charge is 2.18. The Labute approximate surface area is 154 Å². The lowest BCUT2D eigenvalue weighted by atomic mass is 10.1. The monoisotopic (exact) mass is 407 g/mol. The summed E-state index contributed by atoms with van der Waals surface area (Å²) >= 11 is 3.29. The summed E-state index contributed by atoms with van der Waals surface area (Å²) in [5, 5.41) is 4.06. The molecule has 0 radical (unpaired) electrons. The lowest BCUT2D eigenvalue weighted by Gasteiger charge is -2.19. The number of likely N-dealkylation sites (N-methyl/N-ethyl adjacent to an activating group) is 1. The summed E-state index contributed by atoms with van der Waals surface area (Å²) in [5.41, 5.74) is 0.969. The molecule has 7 heteroatoms. The van der Waals surface area contributed by atoms with Gasteiger partial charge >= 0.3 is 0 Å². The summed E-state index contributed by atoms with van der Waals surface area (Å²) in [4.78, 5) is 13.8. The van der Waals surface area contributed by atoms with Gasteiger partial charge in [-0.2, -0.15) is 5.10 Å². The number of hydrogen-bond donors (Lipinski definition) is 0. The van der Waals surface area contributed by atoms with Gasteiger partial charge in [0.05, 0.1) is 16.8 Å². The minimum atomic E-state index is -0.405. The number of aromatic nitrogens is 2. The zero-order valence-corrected chi connectivity index (χ0v) is 15.4. The van der Waals surface area contributed by atoms with Crippen molar-refractivity contribution in [3.8, 4) is 5.69 Å². The van der Waals surface area contributed by atoms with Crippen LogP contribution in [0.2, 0.25) is 0 Å². The smallest absolute Gasteiger partial charge is 0.246 e. The Balaban J connectivity index is 1.64. The number of carbonyl (C=O) groups is 1. The van der Waals surface area contributed by atoms with E-state index in [-0.39, 0.29) is 12.0 Å². The summed E-state index contributed by atoms with van der Waals surface area (Å²) < 4.78 is 22.0.